The van der Waals surface area contributed by atoms with E-state index >= 15 is 0 Å². The lowest BCUT2D eigenvalue weighted by Crippen LogP contribution is -1.97. The fraction of sp³-hybridized carbons (Fsp3) is 0. The molecule has 1 nitrogen and oxygen atoms in total. The van der Waals surface area contributed by atoms with E-state index in [2.05, 4.69) is 140 Å². The van der Waals surface area contributed by atoms with E-state index in [0.29, 0.717) is 0 Å². The van der Waals surface area contributed by atoms with E-state index < -0.39 is 0 Å². The van der Waals surface area contributed by atoms with Crippen LogP contribution < -0.4 is 4.74 Å². The third kappa shape index (κ3) is 3.62. The van der Waals surface area contributed by atoms with Crippen LogP contribution in [0.15, 0.2) is 146 Å². The molecule has 2 heterocycles. The van der Waals surface area contributed by atoms with Crippen LogP contribution in [0.3, 0.4) is 0 Å². The molecule has 8 aromatic rings. The number of thiophene rings is 1. The molecule has 0 bridgehead atoms. The molecule has 2 heteroatoms. The average molecular weight is 553 g/mol. The van der Waals surface area contributed by atoms with Crippen LogP contribution >= 0.6 is 11.3 Å². The predicted octanol–water partition coefficient (Wildman–Crippen LogP) is 12.0. The van der Waals surface area contributed by atoms with Gasteiger partial charge in [-0.05, 0) is 86.8 Å². The van der Waals surface area contributed by atoms with Gasteiger partial charge in [0.1, 0.15) is 11.5 Å². The maximum absolute atomic E-state index is 6.25. The van der Waals surface area contributed by atoms with Crippen LogP contribution in [0.4, 0.5) is 0 Å². The van der Waals surface area contributed by atoms with Crippen LogP contribution in [0.25, 0.3) is 75.5 Å². The van der Waals surface area contributed by atoms with Gasteiger partial charge in [-0.25, -0.2) is 0 Å². The Morgan fingerprint density at radius 1 is 0.381 bits per heavy atom. The normalized spacial score (nSPS) is 12.0. The molecule has 1 aliphatic rings. The first-order valence-corrected chi connectivity index (χ1v) is 15.1. The van der Waals surface area contributed by atoms with Crippen LogP contribution in [0.2, 0.25) is 0 Å². The summed E-state index contributed by atoms with van der Waals surface area (Å²) >= 11 is 1.87. The summed E-state index contributed by atoms with van der Waals surface area (Å²) in [4.78, 5) is 0. The molecule has 0 spiro atoms. The molecule has 0 unspecified atom stereocenters. The molecule has 9 rings (SSSR count). The smallest absolute Gasteiger partial charge is 0.135 e. The van der Waals surface area contributed by atoms with Crippen LogP contribution in [0.1, 0.15) is 0 Å². The summed E-state index contributed by atoms with van der Waals surface area (Å²) < 4.78 is 8.93. The first kappa shape index (κ1) is 23.5. The summed E-state index contributed by atoms with van der Waals surface area (Å²) in [6, 6.07) is 52.6. The van der Waals surface area contributed by atoms with Crippen LogP contribution in [0.5, 0.6) is 11.5 Å². The number of para-hydroxylation sites is 1. The van der Waals surface area contributed by atoms with E-state index in [1.54, 1.807) is 0 Å². The second-order valence-corrected chi connectivity index (χ2v) is 12.0. The predicted molar refractivity (Wildman–Crippen MR) is 179 cm³/mol. The third-order valence-electron chi connectivity index (χ3n) is 8.46. The van der Waals surface area contributed by atoms with E-state index in [-0.39, 0.29) is 0 Å². The minimum absolute atomic E-state index is 0.912. The Morgan fingerprint density at radius 2 is 1.07 bits per heavy atom. The zero-order valence-electron chi connectivity index (χ0n) is 22.7. The fourth-order valence-electron chi connectivity index (χ4n) is 6.49. The summed E-state index contributed by atoms with van der Waals surface area (Å²) in [7, 11) is 0. The monoisotopic (exact) mass is 552 g/mol. The van der Waals surface area contributed by atoms with Crippen molar-refractivity contribution in [1.29, 1.82) is 0 Å². The molecule has 0 radical (unpaired) electrons. The Kier molecular flexibility index (Phi) is 5.13. The van der Waals surface area contributed by atoms with Gasteiger partial charge < -0.3 is 4.74 Å². The van der Waals surface area contributed by atoms with Crippen LogP contribution in [0, 0.1) is 0 Å². The van der Waals surface area contributed by atoms with Crippen molar-refractivity contribution >= 4 is 42.3 Å². The van der Waals surface area contributed by atoms with Gasteiger partial charge in [0.25, 0.3) is 0 Å². The number of ether oxygens (including phenoxy) is 1. The lowest BCUT2D eigenvalue weighted by atomic mass is 9.90. The van der Waals surface area contributed by atoms with Gasteiger partial charge in [-0.1, -0.05) is 103 Å². The SMILES string of the molecule is c1cc(-c2ccc(-c3cccc4sc5ccccc5c34)cc2)cc(-c2cc3c4c(cccc4c2)Oc2ccccc2-3)c1. The van der Waals surface area contributed by atoms with Crippen molar-refractivity contribution in [2.75, 3.05) is 0 Å². The Balaban J connectivity index is 1.12. The first-order chi connectivity index (χ1) is 20.8. The number of hydrogen-bond donors (Lipinski definition) is 0. The molecular formula is C40H24OS. The third-order valence-corrected chi connectivity index (χ3v) is 9.60. The van der Waals surface area contributed by atoms with Crippen molar-refractivity contribution in [3.63, 3.8) is 0 Å². The highest BCUT2D eigenvalue weighted by Gasteiger charge is 2.20. The number of benzene rings is 7. The highest BCUT2D eigenvalue weighted by atomic mass is 32.1. The molecule has 0 fully saturated rings. The Hall–Kier alpha value is -5.18. The van der Waals surface area contributed by atoms with Gasteiger partial charge in [-0.15, -0.1) is 11.3 Å². The topological polar surface area (TPSA) is 9.23 Å². The second kappa shape index (κ2) is 9.17. The Bertz CT molecular complexity index is 2320. The molecule has 0 N–H and O–H groups in total. The summed E-state index contributed by atoms with van der Waals surface area (Å²) in [5, 5.41) is 5.06. The van der Waals surface area contributed by atoms with Gasteiger partial charge >= 0.3 is 0 Å². The van der Waals surface area contributed by atoms with E-state index in [4.69, 9.17) is 4.74 Å². The van der Waals surface area contributed by atoms with Gasteiger partial charge in [0, 0.05) is 31.1 Å². The van der Waals surface area contributed by atoms with Gasteiger partial charge in [0.05, 0.1) is 0 Å². The number of fused-ring (bicyclic) bond motifs is 5. The first-order valence-electron chi connectivity index (χ1n) is 14.3. The minimum atomic E-state index is 0.912. The highest BCUT2D eigenvalue weighted by molar-refractivity contribution is 7.25. The van der Waals surface area contributed by atoms with Crippen molar-refractivity contribution in [3.8, 4) is 56.0 Å². The largest absolute Gasteiger partial charge is 0.456 e. The van der Waals surface area contributed by atoms with Gasteiger partial charge in [0.15, 0.2) is 0 Å². The molecular weight excluding hydrogens is 529 g/mol. The second-order valence-electron chi connectivity index (χ2n) is 10.9. The standard InChI is InChI=1S/C40H24OS/c1-3-14-35-32(11-1)34-24-30(23-29-10-6-15-36(41-35)39(29)34)28-9-5-8-27(22-28)25-18-20-26(21-19-25)31-13-7-17-38-40(31)33-12-2-4-16-37(33)42-38/h1-24H. The molecule has 0 saturated carbocycles. The van der Waals surface area contributed by atoms with Crippen molar-refractivity contribution in [3.05, 3.63) is 146 Å². The maximum Gasteiger partial charge on any atom is 0.135 e. The summed E-state index contributed by atoms with van der Waals surface area (Å²) in [6.45, 7) is 0. The molecule has 7 aromatic carbocycles. The van der Waals surface area contributed by atoms with Crippen molar-refractivity contribution in [2.24, 2.45) is 0 Å². The van der Waals surface area contributed by atoms with Crippen molar-refractivity contribution in [2.45, 2.75) is 0 Å². The zero-order valence-corrected chi connectivity index (χ0v) is 23.5. The Labute approximate surface area is 247 Å². The molecule has 0 aliphatic carbocycles. The molecule has 1 aromatic heterocycles. The molecule has 42 heavy (non-hydrogen) atoms. The fourth-order valence-corrected chi connectivity index (χ4v) is 7.62. The molecule has 0 atom stereocenters. The molecule has 196 valence electrons. The van der Waals surface area contributed by atoms with Gasteiger partial charge in [0.2, 0.25) is 0 Å². The van der Waals surface area contributed by atoms with Crippen LogP contribution in [-0.4, -0.2) is 0 Å². The zero-order chi connectivity index (χ0) is 27.6. The van der Waals surface area contributed by atoms with E-state index in [9.17, 15) is 0 Å². The summed E-state index contributed by atoms with van der Waals surface area (Å²) in [5.41, 5.74) is 9.75. The Morgan fingerprint density at radius 3 is 2.00 bits per heavy atom. The number of hydrogen-bond acceptors (Lipinski definition) is 2. The van der Waals surface area contributed by atoms with E-state index in [1.807, 2.05) is 17.4 Å². The average Bonchev–Trinajstić information content (AvgIpc) is 3.44. The minimum Gasteiger partial charge on any atom is -0.456 e. The van der Waals surface area contributed by atoms with Gasteiger partial charge in [-0.2, -0.15) is 0 Å². The lowest BCUT2D eigenvalue weighted by molar-refractivity contribution is 0.487. The molecule has 0 saturated heterocycles. The van der Waals surface area contributed by atoms with E-state index in [1.165, 1.54) is 69.9 Å². The van der Waals surface area contributed by atoms with Crippen molar-refractivity contribution < 1.29 is 4.74 Å². The quantitative estimate of drug-likeness (QED) is 0.212. The number of rotatable bonds is 3. The summed E-state index contributed by atoms with van der Waals surface area (Å²) in [5.74, 6) is 1.84. The highest BCUT2D eigenvalue weighted by Crippen LogP contribution is 2.48. The lowest BCUT2D eigenvalue weighted by Gasteiger charge is -2.22. The van der Waals surface area contributed by atoms with E-state index in [0.717, 1.165) is 17.1 Å². The molecule has 1 aliphatic heterocycles. The molecule has 0 amide bonds. The van der Waals surface area contributed by atoms with Gasteiger partial charge in [-0.3, -0.25) is 0 Å². The maximum atomic E-state index is 6.25. The summed E-state index contributed by atoms with van der Waals surface area (Å²) in [6.07, 6.45) is 0. The van der Waals surface area contributed by atoms with Crippen LogP contribution in [-0.2, 0) is 0 Å². The van der Waals surface area contributed by atoms with Crippen molar-refractivity contribution in [1.82, 2.24) is 0 Å².